The van der Waals surface area contributed by atoms with E-state index >= 15 is 0 Å². The lowest BCUT2D eigenvalue weighted by molar-refractivity contribution is 0.0969. The second-order valence-electron chi connectivity index (χ2n) is 2.76. The van der Waals surface area contributed by atoms with E-state index < -0.39 is 0 Å². The summed E-state index contributed by atoms with van der Waals surface area (Å²) in [5, 5.41) is 2.54. The predicted molar refractivity (Wildman–Crippen MR) is 58.3 cm³/mol. The first-order chi connectivity index (χ1) is 6.65. The van der Waals surface area contributed by atoms with Gasteiger partial charge in [0.15, 0.2) is 0 Å². The minimum Gasteiger partial charge on any atom is -0.474 e. The van der Waals surface area contributed by atoms with Crippen LogP contribution >= 0.6 is 12.2 Å². The molecule has 0 heterocycles. The number of methoxy groups -OCH3 is 1. The zero-order valence-corrected chi connectivity index (χ0v) is 8.85. The van der Waals surface area contributed by atoms with E-state index in [2.05, 4.69) is 10.1 Å². The van der Waals surface area contributed by atoms with Crippen molar-refractivity contribution in [1.82, 2.24) is 5.32 Å². The van der Waals surface area contributed by atoms with Gasteiger partial charge in [-0.1, -0.05) is 18.2 Å². The first kappa shape index (κ1) is 10.7. The van der Waals surface area contributed by atoms with Gasteiger partial charge in [0.2, 0.25) is 0 Å². The van der Waals surface area contributed by atoms with Crippen molar-refractivity contribution in [1.29, 1.82) is 0 Å². The number of hydrogen-bond donors (Lipinski definition) is 1. The molecule has 0 radical (unpaired) electrons. The molecule has 3 nitrogen and oxygen atoms in total. The van der Waals surface area contributed by atoms with Crippen LogP contribution in [0.5, 0.6) is 0 Å². The number of carbonyl (C=O) groups is 1. The van der Waals surface area contributed by atoms with Crippen LogP contribution in [0, 0.1) is 6.92 Å². The molecule has 74 valence electrons. The Kier molecular flexibility index (Phi) is 3.59. The van der Waals surface area contributed by atoms with Crippen molar-refractivity contribution in [3.63, 3.8) is 0 Å². The molecule has 0 aliphatic rings. The number of nitrogens with one attached hydrogen (secondary N) is 1. The van der Waals surface area contributed by atoms with Crippen molar-refractivity contribution in [3.05, 3.63) is 35.4 Å². The number of carbonyl (C=O) groups excluding carboxylic acids is 1. The van der Waals surface area contributed by atoms with Gasteiger partial charge in [-0.3, -0.25) is 10.1 Å². The number of hydrogen-bond acceptors (Lipinski definition) is 3. The molecule has 0 saturated carbocycles. The Bertz CT molecular complexity index is 363. The van der Waals surface area contributed by atoms with Gasteiger partial charge >= 0.3 is 0 Å². The number of thiocarbonyl (C=S) groups is 1. The van der Waals surface area contributed by atoms with Crippen LogP contribution in [0.3, 0.4) is 0 Å². The fourth-order valence-electron chi connectivity index (χ4n) is 1.04. The van der Waals surface area contributed by atoms with Gasteiger partial charge in [-0.25, -0.2) is 0 Å². The molecule has 0 unspecified atom stereocenters. The fraction of sp³-hybridized carbons (Fsp3) is 0.200. The number of amides is 1. The fourth-order valence-corrected chi connectivity index (χ4v) is 1.13. The van der Waals surface area contributed by atoms with Gasteiger partial charge < -0.3 is 4.74 Å². The average Bonchev–Trinajstić information content (AvgIpc) is 2.18. The van der Waals surface area contributed by atoms with E-state index in [0.717, 1.165) is 5.56 Å². The van der Waals surface area contributed by atoms with Gasteiger partial charge in [-0.2, -0.15) is 0 Å². The summed E-state index contributed by atoms with van der Waals surface area (Å²) >= 11 is 4.72. The lowest BCUT2D eigenvalue weighted by atomic mass is 10.1. The van der Waals surface area contributed by atoms with Crippen LogP contribution in [-0.2, 0) is 4.74 Å². The molecule has 14 heavy (non-hydrogen) atoms. The average molecular weight is 209 g/mol. The third-order valence-corrected chi connectivity index (χ3v) is 2.06. The molecule has 0 aliphatic carbocycles. The largest absolute Gasteiger partial charge is 0.474 e. The molecule has 1 aromatic carbocycles. The number of ether oxygens (including phenoxy) is 1. The predicted octanol–water partition coefficient (Wildman–Crippen LogP) is 1.66. The molecular formula is C10H11NO2S. The monoisotopic (exact) mass is 209 g/mol. The summed E-state index contributed by atoms with van der Waals surface area (Å²) in [7, 11) is 1.42. The molecule has 0 saturated heterocycles. The van der Waals surface area contributed by atoms with Crippen LogP contribution in [0.1, 0.15) is 15.9 Å². The number of aryl methyl sites for hydroxylation is 1. The lowest BCUT2D eigenvalue weighted by Gasteiger charge is -2.06. The van der Waals surface area contributed by atoms with E-state index in [1.807, 2.05) is 19.1 Å². The molecule has 4 heteroatoms. The van der Waals surface area contributed by atoms with Gasteiger partial charge in [0, 0.05) is 5.56 Å². The molecule has 1 aromatic rings. The van der Waals surface area contributed by atoms with Crippen molar-refractivity contribution >= 4 is 23.3 Å². The molecule has 0 aromatic heterocycles. The SMILES string of the molecule is COC(=S)NC(=O)c1ccccc1C. The van der Waals surface area contributed by atoms with Crippen LogP contribution in [-0.4, -0.2) is 18.2 Å². The Morgan fingerprint density at radius 2 is 2.07 bits per heavy atom. The highest BCUT2D eigenvalue weighted by molar-refractivity contribution is 7.80. The molecule has 1 rings (SSSR count). The minimum absolute atomic E-state index is 0.0817. The summed E-state index contributed by atoms with van der Waals surface area (Å²) < 4.78 is 4.68. The summed E-state index contributed by atoms with van der Waals surface area (Å²) in [5.41, 5.74) is 1.51. The maximum Gasteiger partial charge on any atom is 0.263 e. The quantitative estimate of drug-likeness (QED) is 0.715. The lowest BCUT2D eigenvalue weighted by Crippen LogP contribution is -2.30. The van der Waals surface area contributed by atoms with Crippen LogP contribution in [0.4, 0.5) is 0 Å². The first-order valence-corrected chi connectivity index (χ1v) is 4.51. The minimum atomic E-state index is -0.241. The van der Waals surface area contributed by atoms with Crippen molar-refractivity contribution in [3.8, 4) is 0 Å². The second-order valence-corrected chi connectivity index (χ2v) is 3.13. The van der Waals surface area contributed by atoms with Crippen LogP contribution in [0.15, 0.2) is 24.3 Å². The van der Waals surface area contributed by atoms with Crippen molar-refractivity contribution in [2.75, 3.05) is 7.11 Å². The second kappa shape index (κ2) is 4.72. The zero-order valence-electron chi connectivity index (χ0n) is 8.03. The molecule has 1 N–H and O–H groups in total. The van der Waals surface area contributed by atoms with Crippen molar-refractivity contribution in [2.24, 2.45) is 0 Å². The Morgan fingerprint density at radius 1 is 1.43 bits per heavy atom. The Morgan fingerprint density at radius 3 is 2.64 bits per heavy atom. The van der Waals surface area contributed by atoms with Crippen LogP contribution in [0.2, 0.25) is 0 Å². The highest BCUT2D eigenvalue weighted by Gasteiger charge is 2.09. The summed E-state index contributed by atoms with van der Waals surface area (Å²) in [4.78, 5) is 11.6. The van der Waals surface area contributed by atoms with E-state index in [-0.39, 0.29) is 11.1 Å². The Labute approximate surface area is 88.1 Å². The van der Waals surface area contributed by atoms with Gasteiger partial charge in [0.25, 0.3) is 11.1 Å². The third kappa shape index (κ3) is 2.53. The van der Waals surface area contributed by atoms with Gasteiger partial charge in [0.05, 0.1) is 7.11 Å². The highest BCUT2D eigenvalue weighted by atomic mass is 32.1. The first-order valence-electron chi connectivity index (χ1n) is 4.10. The summed E-state index contributed by atoms with van der Waals surface area (Å²) in [6, 6.07) is 7.28. The number of benzene rings is 1. The van der Waals surface area contributed by atoms with Crippen molar-refractivity contribution < 1.29 is 9.53 Å². The molecule has 0 bridgehead atoms. The third-order valence-electron chi connectivity index (χ3n) is 1.79. The van der Waals surface area contributed by atoms with Crippen LogP contribution < -0.4 is 5.32 Å². The highest BCUT2D eigenvalue weighted by Crippen LogP contribution is 2.06. The molecule has 0 atom stereocenters. The van der Waals surface area contributed by atoms with E-state index in [1.165, 1.54) is 7.11 Å². The maximum absolute atomic E-state index is 11.6. The van der Waals surface area contributed by atoms with Crippen LogP contribution in [0.25, 0.3) is 0 Å². The molecular weight excluding hydrogens is 198 g/mol. The number of rotatable bonds is 1. The normalized spacial score (nSPS) is 9.29. The Balaban J connectivity index is 2.80. The smallest absolute Gasteiger partial charge is 0.263 e. The van der Waals surface area contributed by atoms with Gasteiger partial charge in [-0.15, -0.1) is 0 Å². The maximum atomic E-state index is 11.6. The van der Waals surface area contributed by atoms with E-state index in [0.29, 0.717) is 5.56 Å². The van der Waals surface area contributed by atoms with E-state index in [4.69, 9.17) is 12.2 Å². The van der Waals surface area contributed by atoms with E-state index in [9.17, 15) is 4.79 Å². The standard InChI is InChI=1S/C10H11NO2S/c1-7-5-3-4-6-8(7)9(12)11-10(14)13-2/h3-6H,1-2H3,(H,11,12,14). The van der Waals surface area contributed by atoms with E-state index in [1.54, 1.807) is 12.1 Å². The zero-order chi connectivity index (χ0) is 10.6. The molecule has 1 amide bonds. The van der Waals surface area contributed by atoms with Gasteiger partial charge in [-0.05, 0) is 30.8 Å². The molecule has 0 spiro atoms. The summed E-state index contributed by atoms with van der Waals surface area (Å²) in [5.74, 6) is -0.241. The summed E-state index contributed by atoms with van der Waals surface area (Å²) in [6.45, 7) is 1.87. The molecule has 0 aliphatic heterocycles. The Hall–Kier alpha value is -1.42. The molecule has 0 fully saturated rings. The van der Waals surface area contributed by atoms with Crippen molar-refractivity contribution in [2.45, 2.75) is 6.92 Å². The van der Waals surface area contributed by atoms with Gasteiger partial charge in [0.1, 0.15) is 0 Å². The summed E-state index contributed by atoms with van der Waals surface area (Å²) in [6.07, 6.45) is 0. The topological polar surface area (TPSA) is 38.3 Å².